The largest absolute Gasteiger partial charge is 0.288 e. The van der Waals surface area contributed by atoms with Crippen molar-refractivity contribution >= 4 is 56.4 Å². The average molecular weight is 348 g/mol. The molecule has 2 aromatic rings. The number of ketones is 1. The minimum atomic E-state index is 0.00949. The fraction of sp³-hybridized carbons (Fsp3) is 0.0833. The molecule has 0 fully saturated rings. The van der Waals surface area contributed by atoms with Crippen LogP contribution in [0.15, 0.2) is 39.0 Å². The lowest BCUT2D eigenvalue weighted by Crippen LogP contribution is -1.97. The molecule has 1 nitrogen and oxygen atoms in total. The molecule has 0 aliphatic heterocycles. The SMILES string of the molecule is CSc1ccc(C(=O)c2cc(Cl)c(Br)s2)cc1. The van der Waals surface area contributed by atoms with Crippen LogP contribution in [-0.4, -0.2) is 12.0 Å². The molecular formula is C12H8BrClOS2. The molecule has 0 unspecified atom stereocenters. The first-order valence-electron chi connectivity index (χ1n) is 4.75. The van der Waals surface area contributed by atoms with Crippen molar-refractivity contribution in [3.63, 3.8) is 0 Å². The molecule has 0 N–H and O–H groups in total. The number of halogens is 2. The lowest BCUT2D eigenvalue weighted by atomic mass is 10.1. The smallest absolute Gasteiger partial charge is 0.203 e. The van der Waals surface area contributed by atoms with Gasteiger partial charge in [0.05, 0.1) is 13.7 Å². The monoisotopic (exact) mass is 346 g/mol. The van der Waals surface area contributed by atoms with Crippen molar-refractivity contribution in [1.29, 1.82) is 0 Å². The number of thiophene rings is 1. The van der Waals surface area contributed by atoms with Gasteiger partial charge in [0.1, 0.15) is 0 Å². The highest BCUT2D eigenvalue weighted by Gasteiger charge is 2.14. The van der Waals surface area contributed by atoms with Gasteiger partial charge >= 0.3 is 0 Å². The predicted molar refractivity (Wildman–Crippen MR) is 78.7 cm³/mol. The number of hydrogen-bond acceptors (Lipinski definition) is 3. The van der Waals surface area contributed by atoms with Crippen molar-refractivity contribution in [3.05, 3.63) is 49.6 Å². The molecule has 2 rings (SSSR count). The molecule has 5 heteroatoms. The van der Waals surface area contributed by atoms with E-state index in [-0.39, 0.29) is 5.78 Å². The second-order valence-electron chi connectivity index (χ2n) is 3.29. The van der Waals surface area contributed by atoms with Gasteiger partial charge in [-0.05, 0) is 52.5 Å². The molecule has 17 heavy (non-hydrogen) atoms. The second kappa shape index (κ2) is 5.57. The summed E-state index contributed by atoms with van der Waals surface area (Å²) in [5.41, 5.74) is 0.688. The molecule has 1 heterocycles. The minimum absolute atomic E-state index is 0.00949. The van der Waals surface area contributed by atoms with Crippen LogP contribution in [0, 0.1) is 0 Å². The van der Waals surface area contributed by atoms with Crippen molar-refractivity contribution in [2.45, 2.75) is 4.90 Å². The first-order chi connectivity index (χ1) is 8.11. The summed E-state index contributed by atoms with van der Waals surface area (Å²) in [4.78, 5) is 13.9. The van der Waals surface area contributed by atoms with Gasteiger partial charge in [-0.15, -0.1) is 23.1 Å². The van der Waals surface area contributed by atoms with E-state index in [1.165, 1.54) is 11.3 Å². The van der Waals surface area contributed by atoms with Gasteiger partial charge in [0.2, 0.25) is 5.78 Å². The lowest BCUT2D eigenvalue weighted by molar-refractivity contribution is 0.104. The Balaban J connectivity index is 2.30. The average Bonchev–Trinajstić information content (AvgIpc) is 2.69. The van der Waals surface area contributed by atoms with Crippen molar-refractivity contribution in [1.82, 2.24) is 0 Å². The molecule has 0 saturated carbocycles. The molecule has 1 aromatic heterocycles. The summed E-state index contributed by atoms with van der Waals surface area (Å²) in [6, 6.07) is 9.27. The molecule has 1 aromatic carbocycles. The number of benzene rings is 1. The van der Waals surface area contributed by atoms with E-state index in [0.717, 1.165) is 8.68 Å². The Bertz CT molecular complexity index is 529. The molecule has 0 atom stereocenters. The second-order valence-corrected chi connectivity index (χ2v) is 6.95. The first kappa shape index (κ1) is 13.1. The first-order valence-corrected chi connectivity index (χ1v) is 7.96. The maximum absolute atomic E-state index is 12.1. The van der Waals surface area contributed by atoms with Crippen molar-refractivity contribution in [3.8, 4) is 0 Å². The Morgan fingerprint density at radius 1 is 1.35 bits per heavy atom. The van der Waals surface area contributed by atoms with Crippen LogP contribution in [0.1, 0.15) is 15.2 Å². The molecule has 0 aliphatic rings. The van der Waals surface area contributed by atoms with Crippen LogP contribution in [0.25, 0.3) is 0 Å². The van der Waals surface area contributed by atoms with Crippen LogP contribution >= 0.6 is 50.6 Å². The normalized spacial score (nSPS) is 10.5. The molecule has 0 amide bonds. The van der Waals surface area contributed by atoms with Crippen LogP contribution < -0.4 is 0 Å². The zero-order valence-corrected chi connectivity index (χ0v) is 12.8. The molecular weight excluding hydrogens is 340 g/mol. The van der Waals surface area contributed by atoms with E-state index in [1.807, 2.05) is 30.5 Å². The molecule has 0 saturated heterocycles. The Morgan fingerprint density at radius 2 is 2.00 bits per heavy atom. The Hall–Kier alpha value is -0.290. The summed E-state index contributed by atoms with van der Waals surface area (Å²) >= 11 is 12.2. The van der Waals surface area contributed by atoms with E-state index < -0.39 is 0 Å². The van der Waals surface area contributed by atoms with Crippen LogP contribution in [-0.2, 0) is 0 Å². The van der Waals surface area contributed by atoms with E-state index in [0.29, 0.717) is 15.5 Å². The maximum Gasteiger partial charge on any atom is 0.203 e. The third kappa shape index (κ3) is 2.94. The minimum Gasteiger partial charge on any atom is -0.288 e. The van der Waals surface area contributed by atoms with Gasteiger partial charge < -0.3 is 0 Å². The van der Waals surface area contributed by atoms with Gasteiger partial charge in [-0.1, -0.05) is 11.6 Å². The number of carbonyl (C=O) groups is 1. The third-order valence-electron chi connectivity index (χ3n) is 2.22. The topological polar surface area (TPSA) is 17.1 Å². The molecule has 0 aliphatic carbocycles. The summed E-state index contributed by atoms with van der Waals surface area (Å²) in [5, 5.41) is 0.582. The molecule has 0 spiro atoms. The molecule has 0 bridgehead atoms. The van der Waals surface area contributed by atoms with E-state index in [9.17, 15) is 4.79 Å². The van der Waals surface area contributed by atoms with Crippen molar-refractivity contribution in [2.24, 2.45) is 0 Å². The summed E-state index contributed by atoms with van der Waals surface area (Å²) in [6.07, 6.45) is 2.01. The zero-order chi connectivity index (χ0) is 12.4. The number of rotatable bonds is 3. The fourth-order valence-electron chi connectivity index (χ4n) is 1.34. The zero-order valence-electron chi connectivity index (χ0n) is 8.87. The summed E-state index contributed by atoms with van der Waals surface area (Å²) in [5.74, 6) is 0.00949. The van der Waals surface area contributed by atoms with Crippen LogP contribution in [0.2, 0.25) is 5.02 Å². The Labute approximate surface area is 121 Å². The van der Waals surface area contributed by atoms with Crippen molar-refractivity contribution < 1.29 is 4.79 Å². The standard InChI is InChI=1S/C12H8BrClOS2/c1-16-8-4-2-7(3-5-8)11(15)10-6-9(14)12(13)17-10/h2-6H,1H3. The Kier molecular flexibility index (Phi) is 4.31. The summed E-state index contributed by atoms with van der Waals surface area (Å²) < 4.78 is 0.795. The highest BCUT2D eigenvalue weighted by molar-refractivity contribution is 9.11. The van der Waals surface area contributed by atoms with Gasteiger partial charge in [-0.3, -0.25) is 4.79 Å². The lowest BCUT2D eigenvalue weighted by Gasteiger charge is -1.99. The highest BCUT2D eigenvalue weighted by Crippen LogP contribution is 2.33. The number of thioether (sulfide) groups is 1. The predicted octanol–water partition coefficient (Wildman–Crippen LogP) is 5.12. The van der Waals surface area contributed by atoms with E-state index in [4.69, 9.17) is 11.6 Å². The maximum atomic E-state index is 12.1. The molecule has 0 radical (unpaired) electrons. The highest BCUT2D eigenvalue weighted by atomic mass is 79.9. The number of hydrogen-bond donors (Lipinski definition) is 0. The van der Waals surface area contributed by atoms with Gasteiger partial charge in [0.15, 0.2) is 0 Å². The van der Waals surface area contributed by atoms with Gasteiger partial charge in [0.25, 0.3) is 0 Å². The van der Waals surface area contributed by atoms with Crippen LogP contribution in [0.3, 0.4) is 0 Å². The van der Waals surface area contributed by atoms with Gasteiger partial charge in [-0.25, -0.2) is 0 Å². The van der Waals surface area contributed by atoms with E-state index >= 15 is 0 Å². The molecule has 88 valence electrons. The van der Waals surface area contributed by atoms with E-state index in [2.05, 4.69) is 15.9 Å². The van der Waals surface area contributed by atoms with E-state index in [1.54, 1.807) is 17.8 Å². The quantitative estimate of drug-likeness (QED) is 0.566. The summed E-state index contributed by atoms with van der Waals surface area (Å²) in [7, 11) is 0. The van der Waals surface area contributed by atoms with Gasteiger partial charge in [-0.2, -0.15) is 0 Å². The van der Waals surface area contributed by atoms with Crippen LogP contribution in [0.5, 0.6) is 0 Å². The Morgan fingerprint density at radius 3 is 2.47 bits per heavy atom. The van der Waals surface area contributed by atoms with Crippen molar-refractivity contribution in [2.75, 3.05) is 6.26 Å². The van der Waals surface area contributed by atoms with Crippen LogP contribution in [0.4, 0.5) is 0 Å². The third-order valence-corrected chi connectivity index (χ3v) is 5.44. The number of carbonyl (C=O) groups excluding carboxylic acids is 1. The fourth-order valence-corrected chi connectivity index (χ4v) is 3.42. The summed E-state index contributed by atoms with van der Waals surface area (Å²) in [6.45, 7) is 0. The van der Waals surface area contributed by atoms with Gasteiger partial charge in [0, 0.05) is 10.5 Å².